The van der Waals surface area contributed by atoms with E-state index in [1.807, 2.05) is 0 Å². The van der Waals surface area contributed by atoms with Gasteiger partial charge in [0.15, 0.2) is 0 Å². The number of carbonyl (C=O) groups is 2. The molecule has 0 spiro atoms. The number of para-hydroxylation sites is 1. The topological polar surface area (TPSA) is 153 Å². The first-order valence-electron chi connectivity index (χ1n) is 7.09. The Kier molecular flexibility index (Phi) is 7.45. The Hall–Kier alpha value is -2.74. The molecule has 0 bridgehead atoms. The van der Waals surface area contributed by atoms with Crippen molar-refractivity contribution in [2.75, 3.05) is 12.4 Å². The fraction of sp³-hybridized carbons (Fsp3) is 0.125. The maximum Gasteiger partial charge on any atom is 0.335 e. The Labute approximate surface area is 151 Å². The first-order chi connectivity index (χ1) is 12.1. The van der Waals surface area contributed by atoms with Gasteiger partial charge < -0.3 is 9.84 Å². The summed E-state index contributed by atoms with van der Waals surface area (Å²) in [5.74, 6) is -1.27. The Morgan fingerprint density at radius 1 is 1.08 bits per heavy atom. The molecular weight excluding hydrogens is 409 g/mol. The van der Waals surface area contributed by atoms with Gasteiger partial charge in [0, 0.05) is 0 Å². The number of carboxylic acids is 1. The smallest absolute Gasteiger partial charge is 0.335 e. The molecule has 0 aromatic heterocycles. The number of methoxy groups -OCH3 is 1. The fourth-order valence-corrected chi connectivity index (χ4v) is 3.21. The van der Waals surface area contributed by atoms with E-state index in [9.17, 15) is 18.4 Å². The van der Waals surface area contributed by atoms with Crippen molar-refractivity contribution in [1.82, 2.24) is 0 Å². The molecule has 0 radical (unpaired) electrons. The second kappa shape index (κ2) is 9.09. The molecule has 0 aliphatic rings. The number of aromatic carboxylic acids is 1. The molecule has 10 heteroatoms. The summed E-state index contributed by atoms with van der Waals surface area (Å²) in [6, 6.07) is 10.1. The molecule has 2 aromatic rings. The summed E-state index contributed by atoms with van der Waals surface area (Å²) in [6.07, 6.45) is 0. The number of nitrogens with one attached hydrogen (secondary N) is 1. The molecule has 0 heterocycles. The summed E-state index contributed by atoms with van der Waals surface area (Å²) in [4.78, 5) is 21.1. The maximum atomic E-state index is 11.0. The normalized spacial score (nSPS) is 10.3. The Balaban J connectivity index is 0.000000273. The average molecular weight is 427 g/mol. The Morgan fingerprint density at radius 2 is 1.65 bits per heavy atom. The van der Waals surface area contributed by atoms with Gasteiger partial charge >= 0.3 is 94.1 Å². The van der Waals surface area contributed by atoms with Crippen LogP contribution in [0.3, 0.4) is 0 Å². The van der Waals surface area contributed by atoms with Crippen molar-refractivity contribution in [3.8, 4) is 11.5 Å². The maximum absolute atomic E-state index is 11.0. The Morgan fingerprint density at radius 3 is 2.08 bits per heavy atom. The Bertz CT molecular complexity index is 829. The molecule has 0 aliphatic carbocycles. The molecule has 2 aromatic carbocycles. The van der Waals surface area contributed by atoms with Crippen molar-refractivity contribution in [3.63, 3.8) is 0 Å². The molecule has 0 unspecified atom stereocenters. The minimum absolute atomic E-state index is 0.00951. The van der Waals surface area contributed by atoms with Crippen LogP contribution in [0.2, 0.25) is 0 Å². The molecule has 140 valence electrons. The SMILES string of the molecule is CC(=O)Nc1cccc([As](=O)(O)O)c1O.COc1ccc(C(=O)O)cc1. The van der Waals surface area contributed by atoms with Gasteiger partial charge in [0.1, 0.15) is 5.75 Å². The molecule has 0 aliphatic heterocycles. The molecule has 9 nitrogen and oxygen atoms in total. The number of amides is 1. The van der Waals surface area contributed by atoms with Crippen molar-refractivity contribution < 1.29 is 36.5 Å². The second-order valence-electron chi connectivity index (χ2n) is 4.93. The van der Waals surface area contributed by atoms with E-state index in [0.717, 1.165) is 6.07 Å². The molecule has 26 heavy (non-hydrogen) atoms. The zero-order chi connectivity index (χ0) is 19.9. The van der Waals surface area contributed by atoms with Gasteiger partial charge in [0.25, 0.3) is 0 Å². The number of rotatable bonds is 4. The van der Waals surface area contributed by atoms with E-state index in [4.69, 9.17) is 18.0 Å². The third-order valence-corrected chi connectivity index (χ3v) is 5.05. The third-order valence-electron chi connectivity index (χ3n) is 2.98. The van der Waals surface area contributed by atoms with Crippen LogP contribution in [0.1, 0.15) is 17.3 Å². The molecule has 1 amide bonds. The first kappa shape index (κ1) is 21.3. The largest absolute Gasteiger partial charge is 0.497 e. The van der Waals surface area contributed by atoms with E-state index in [0.29, 0.717) is 5.75 Å². The number of ether oxygens (including phenoxy) is 1. The van der Waals surface area contributed by atoms with Gasteiger partial charge in [-0.2, -0.15) is 0 Å². The molecule has 0 saturated carbocycles. The van der Waals surface area contributed by atoms with Crippen LogP contribution in [0.15, 0.2) is 42.5 Å². The first-order valence-corrected chi connectivity index (χ1v) is 10.5. The van der Waals surface area contributed by atoms with Gasteiger partial charge in [0.05, 0.1) is 12.7 Å². The van der Waals surface area contributed by atoms with E-state index in [1.54, 1.807) is 12.1 Å². The molecule has 0 atom stereocenters. The summed E-state index contributed by atoms with van der Waals surface area (Å²) >= 11 is -5.15. The van der Waals surface area contributed by atoms with Crippen LogP contribution in [-0.2, 0) is 8.53 Å². The fourth-order valence-electron chi connectivity index (χ4n) is 1.79. The van der Waals surface area contributed by atoms with Crippen LogP contribution in [0.5, 0.6) is 11.5 Å². The van der Waals surface area contributed by atoms with Gasteiger partial charge in [-0.15, -0.1) is 0 Å². The van der Waals surface area contributed by atoms with E-state index in [2.05, 4.69) is 5.32 Å². The van der Waals surface area contributed by atoms with E-state index < -0.39 is 36.1 Å². The summed E-state index contributed by atoms with van der Waals surface area (Å²) in [7, 11) is 1.54. The number of hydrogen-bond donors (Lipinski definition) is 5. The number of phenols is 1. The minimum atomic E-state index is -5.15. The molecule has 0 saturated heterocycles. The summed E-state index contributed by atoms with van der Waals surface area (Å²) < 4.78 is 33.2. The minimum Gasteiger partial charge on any atom is -0.497 e. The van der Waals surface area contributed by atoms with Crippen molar-refractivity contribution in [1.29, 1.82) is 0 Å². The van der Waals surface area contributed by atoms with Crippen molar-refractivity contribution in [2.24, 2.45) is 0 Å². The number of hydrogen-bond acceptors (Lipinski definition) is 5. The van der Waals surface area contributed by atoms with Crippen LogP contribution >= 0.6 is 0 Å². The summed E-state index contributed by atoms with van der Waals surface area (Å²) in [5.41, 5.74) is 0.260. The number of phenolic OH excluding ortho intramolecular Hbond substituents is 1. The van der Waals surface area contributed by atoms with E-state index >= 15 is 0 Å². The third kappa shape index (κ3) is 6.28. The van der Waals surface area contributed by atoms with Crippen molar-refractivity contribution >= 4 is 36.1 Å². The monoisotopic (exact) mass is 427 g/mol. The zero-order valence-electron chi connectivity index (χ0n) is 13.9. The van der Waals surface area contributed by atoms with E-state index in [1.165, 1.54) is 38.3 Å². The predicted molar refractivity (Wildman–Crippen MR) is 92.9 cm³/mol. The molecular formula is C16H18AsNO8. The predicted octanol–water partition coefficient (Wildman–Crippen LogP) is 0.305. The average Bonchev–Trinajstić information content (AvgIpc) is 2.56. The van der Waals surface area contributed by atoms with Gasteiger partial charge in [-0.1, -0.05) is 0 Å². The molecule has 0 fully saturated rings. The van der Waals surface area contributed by atoms with Crippen molar-refractivity contribution in [3.05, 3.63) is 48.0 Å². The number of carbonyl (C=O) groups excluding carboxylic acids is 1. The standard InChI is InChI=1S/C8H10AsNO5.C8H8O3/c1-5(11)10-7-4-2-3-6(8(7)12)9(13,14)15;1-11-7-4-2-6(3-5-7)8(9)10/h2-4,12H,1H3,(H,10,11)(H2,13,14,15);2-5H,1H3,(H,9,10). The number of aromatic hydroxyl groups is 1. The van der Waals surface area contributed by atoms with Gasteiger partial charge in [-0.3, -0.25) is 0 Å². The summed E-state index contributed by atoms with van der Waals surface area (Å²) in [6.45, 7) is 1.23. The quantitative estimate of drug-likeness (QED) is 0.345. The van der Waals surface area contributed by atoms with Crippen LogP contribution in [0.25, 0.3) is 0 Å². The number of carboxylic acid groups (broad SMARTS) is 1. The number of benzene rings is 2. The van der Waals surface area contributed by atoms with Gasteiger partial charge in [-0.05, 0) is 24.3 Å². The van der Waals surface area contributed by atoms with Gasteiger partial charge in [0.2, 0.25) is 0 Å². The van der Waals surface area contributed by atoms with Crippen LogP contribution in [-0.4, -0.2) is 51.6 Å². The van der Waals surface area contributed by atoms with Crippen molar-refractivity contribution in [2.45, 2.75) is 6.92 Å². The van der Waals surface area contributed by atoms with E-state index in [-0.39, 0.29) is 11.3 Å². The molecule has 2 rings (SSSR count). The molecule has 5 N–H and O–H groups in total. The van der Waals surface area contributed by atoms with Crippen LogP contribution in [0.4, 0.5) is 5.69 Å². The van der Waals surface area contributed by atoms with Gasteiger partial charge in [-0.25, -0.2) is 4.79 Å². The van der Waals surface area contributed by atoms with Crippen LogP contribution in [0, 0.1) is 0 Å². The zero-order valence-corrected chi connectivity index (χ0v) is 15.8. The van der Waals surface area contributed by atoms with Crippen LogP contribution < -0.4 is 14.4 Å². The summed E-state index contributed by atoms with van der Waals surface area (Å²) in [5, 5.41) is 20.3. The number of anilines is 1. The second-order valence-corrected chi connectivity index (χ2v) is 8.23.